The van der Waals surface area contributed by atoms with E-state index in [2.05, 4.69) is 33.5 Å². The van der Waals surface area contributed by atoms with Crippen molar-refractivity contribution in [2.75, 3.05) is 57.8 Å². The summed E-state index contributed by atoms with van der Waals surface area (Å²) < 4.78 is 5.25. The summed E-state index contributed by atoms with van der Waals surface area (Å²) in [4.78, 5) is 23.5. The first-order valence-electron chi connectivity index (χ1n) is 9.29. The second kappa shape index (κ2) is 8.04. The number of pyridine rings is 1. The number of nitrogens with zero attached hydrogens (tertiary/aromatic N) is 4. The lowest BCUT2D eigenvalue weighted by atomic mass is 9.92. The quantitative estimate of drug-likeness (QED) is 0.831. The highest BCUT2D eigenvalue weighted by Gasteiger charge is 2.27. The van der Waals surface area contributed by atoms with E-state index in [0.29, 0.717) is 18.4 Å². The molecule has 0 aromatic carbocycles. The number of amides is 1. The van der Waals surface area contributed by atoms with Crippen LogP contribution >= 0.6 is 0 Å². The highest BCUT2D eigenvalue weighted by Crippen LogP contribution is 2.22. The Kier molecular flexibility index (Phi) is 5.78. The van der Waals surface area contributed by atoms with E-state index < -0.39 is 0 Å². The second-order valence-corrected chi connectivity index (χ2v) is 7.59. The Hall–Kier alpha value is -1.82. The van der Waals surface area contributed by atoms with Crippen molar-refractivity contribution in [2.24, 2.45) is 11.8 Å². The number of hydrogen-bond acceptors (Lipinski definition) is 5. The van der Waals surface area contributed by atoms with Gasteiger partial charge in [0, 0.05) is 45.3 Å². The molecule has 138 valence electrons. The summed E-state index contributed by atoms with van der Waals surface area (Å²) in [6.07, 6.45) is 4.83. The highest BCUT2D eigenvalue weighted by molar-refractivity contribution is 5.78. The molecular formula is C19H30N4O2. The third kappa shape index (κ3) is 4.63. The summed E-state index contributed by atoms with van der Waals surface area (Å²) >= 11 is 0. The normalized spacial score (nSPS) is 25.1. The topological polar surface area (TPSA) is 48.9 Å². The minimum atomic E-state index is 0.287. The van der Waals surface area contributed by atoms with Crippen LogP contribution < -0.4 is 9.64 Å². The van der Waals surface area contributed by atoms with Crippen molar-refractivity contribution in [3.63, 3.8) is 0 Å². The van der Waals surface area contributed by atoms with Crippen LogP contribution in [0.4, 0.5) is 5.69 Å². The summed E-state index contributed by atoms with van der Waals surface area (Å²) in [5, 5.41) is 0. The standard InChI is InChI=1S/C19H30N4O2/c1-15-8-16(2)13-23(12-15)19(24)14-21-4-6-22(7-5-21)17-9-18(25-3)11-20-10-17/h9-11,15-16H,4-8,12-14H2,1-3H3. The highest BCUT2D eigenvalue weighted by atomic mass is 16.5. The Morgan fingerprint density at radius 2 is 1.84 bits per heavy atom. The molecular weight excluding hydrogens is 316 g/mol. The van der Waals surface area contributed by atoms with Gasteiger partial charge in [-0.15, -0.1) is 0 Å². The predicted molar refractivity (Wildman–Crippen MR) is 99.0 cm³/mol. The van der Waals surface area contributed by atoms with Crippen LogP contribution in [0.15, 0.2) is 18.5 Å². The van der Waals surface area contributed by atoms with Gasteiger partial charge in [0.2, 0.25) is 5.91 Å². The molecule has 6 nitrogen and oxygen atoms in total. The van der Waals surface area contributed by atoms with Crippen LogP contribution in [0.5, 0.6) is 5.75 Å². The van der Waals surface area contributed by atoms with Crippen LogP contribution in [0.1, 0.15) is 20.3 Å². The first-order chi connectivity index (χ1) is 12.0. The maximum atomic E-state index is 12.6. The predicted octanol–water partition coefficient (Wildman–Crippen LogP) is 1.72. The summed E-state index contributed by atoms with van der Waals surface area (Å²) in [6.45, 7) is 10.5. The lowest BCUT2D eigenvalue weighted by molar-refractivity contribution is -0.135. The minimum Gasteiger partial charge on any atom is -0.495 e. The van der Waals surface area contributed by atoms with Gasteiger partial charge in [-0.05, 0) is 18.3 Å². The Balaban J connectivity index is 1.49. The Morgan fingerprint density at radius 1 is 1.16 bits per heavy atom. The molecule has 2 atom stereocenters. The largest absolute Gasteiger partial charge is 0.495 e. The Labute approximate surface area is 150 Å². The number of likely N-dealkylation sites (tertiary alicyclic amines) is 1. The molecule has 2 saturated heterocycles. The average Bonchev–Trinajstić information content (AvgIpc) is 2.61. The van der Waals surface area contributed by atoms with Crippen LogP contribution in [-0.4, -0.2) is 73.6 Å². The number of methoxy groups -OCH3 is 1. The molecule has 0 spiro atoms. The lowest BCUT2D eigenvalue weighted by Crippen LogP contribution is -2.52. The number of ether oxygens (including phenoxy) is 1. The van der Waals surface area contributed by atoms with Crippen molar-refractivity contribution in [1.82, 2.24) is 14.8 Å². The number of aromatic nitrogens is 1. The molecule has 0 saturated carbocycles. The van der Waals surface area contributed by atoms with Crippen molar-refractivity contribution in [1.29, 1.82) is 0 Å². The van der Waals surface area contributed by atoms with Crippen LogP contribution in [0, 0.1) is 11.8 Å². The van der Waals surface area contributed by atoms with Crippen LogP contribution in [-0.2, 0) is 4.79 Å². The van der Waals surface area contributed by atoms with Gasteiger partial charge in [0.1, 0.15) is 5.75 Å². The zero-order chi connectivity index (χ0) is 17.8. The minimum absolute atomic E-state index is 0.287. The van der Waals surface area contributed by atoms with Gasteiger partial charge in [-0.1, -0.05) is 13.8 Å². The number of piperidine rings is 1. The van der Waals surface area contributed by atoms with E-state index in [4.69, 9.17) is 4.74 Å². The SMILES string of the molecule is COc1cncc(N2CCN(CC(=O)N3CC(C)CC(C)C3)CC2)c1. The van der Waals surface area contributed by atoms with Crippen molar-refractivity contribution < 1.29 is 9.53 Å². The summed E-state index contributed by atoms with van der Waals surface area (Å²) in [5.41, 5.74) is 1.09. The number of carbonyl (C=O) groups excluding carboxylic acids is 1. The zero-order valence-corrected chi connectivity index (χ0v) is 15.6. The lowest BCUT2D eigenvalue weighted by Gasteiger charge is -2.39. The van der Waals surface area contributed by atoms with Gasteiger partial charge in [-0.25, -0.2) is 0 Å². The van der Waals surface area contributed by atoms with Crippen LogP contribution in [0.2, 0.25) is 0 Å². The fourth-order valence-corrected chi connectivity index (χ4v) is 4.01. The monoisotopic (exact) mass is 346 g/mol. The fourth-order valence-electron chi connectivity index (χ4n) is 4.01. The Bertz CT molecular complexity index is 577. The fraction of sp³-hybridized carbons (Fsp3) is 0.684. The number of carbonyl (C=O) groups is 1. The molecule has 0 aliphatic carbocycles. The molecule has 0 N–H and O–H groups in total. The van der Waals surface area contributed by atoms with Gasteiger partial charge in [-0.3, -0.25) is 14.7 Å². The molecule has 2 aliphatic rings. The molecule has 2 unspecified atom stereocenters. The van der Waals surface area contributed by atoms with Crippen LogP contribution in [0.3, 0.4) is 0 Å². The molecule has 0 radical (unpaired) electrons. The van der Waals surface area contributed by atoms with E-state index in [1.165, 1.54) is 6.42 Å². The van der Waals surface area contributed by atoms with Gasteiger partial charge in [0.15, 0.2) is 0 Å². The van der Waals surface area contributed by atoms with E-state index in [9.17, 15) is 4.79 Å². The molecule has 2 fully saturated rings. The average molecular weight is 346 g/mol. The van der Waals surface area contributed by atoms with Crippen molar-refractivity contribution in [2.45, 2.75) is 20.3 Å². The molecule has 6 heteroatoms. The second-order valence-electron chi connectivity index (χ2n) is 7.59. The summed E-state index contributed by atoms with van der Waals surface area (Å²) in [6, 6.07) is 2.02. The third-order valence-corrected chi connectivity index (χ3v) is 5.25. The van der Waals surface area contributed by atoms with Gasteiger partial charge < -0.3 is 14.5 Å². The smallest absolute Gasteiger partial charge is 0.236 e. The molecule has 0 bridgehead atoms. The molecule has 25 heavy (non-hydrogen) atoms. The maximum Gasteiger partial charge on any atom is 0.236 e. The number of rotatable bonds is 4. The molecule has 1 aromatic heterocycles. The van der Waals surface area contributed by atoms with E-state index in [0.717, 1.165) is 50.7 Å². The van der Waals surface area contributed by atoms with Crippen molar-refractivity contribution in [3.05, 3.63) is 18.5 Å². The Morgan fingerprint density at radius 3 is 2.48 bits per heavy atom. The molecule has 3 rings (SSSR count). The number of hydrogen-bond donors (Lipinski definition) is 0. The maximum absolute atomic E-state index is 12.6. The van der Waals surface area contributed by atoms with Gasteiger partial charge in [0.25, 0.3) is 0 Å². The summed E-state index contributed by atoms with van der Waals surface area (Å²) in [5.74, 6) is 2.30. The number of anilines is 1. The summed E-state index contributed by atoms with van der Waals surface area (Å²) in [7, 11) is 1.66. The molecule has 1 aromatic rings. The first-order valence-corrected chi connectivity index (χ1v) is 9.29. The van der Waals surface area contributed by atoms with Gasteiger partial charge >= 0.3 is 0 Å². The van der Waals surface area contributed by atoms with E-state index in [1.54, 1.807) is 13.3 Å². The van der Waals surface area contributed by atoms with Crippen molar-refractivity contribution in [3.8, 4) is 5.75 Å². The molecule has 2 aliphatic heterocycles. The first kappa shape index (κ1) is 18.0. The van der Waals surface area contributed by atoms with Gasteiger partial charge in [-0.2, -0.15) is 0 Å². The van der Waals surface area contributed by atoms with E-state index >= 15 is 0 Å². The van der Waals surface area contributed by atoms with Crippen molar-refractivity contribution >= 4 is 11.6 Å². The van der Waals surface area contributed by atoms with Crippen LogP contribution in [0.25, 0.3) is 0 Å². The van der Waals surface area contributed by atoms with E-state index in [-0.39, 0.29) is 5.91 Å². The third-order valence-electron chi connectivity index (χ3n) is 5.25. The molecule has 1 amide bonds. The van der Waals surface area contributed by atoms with E-state index in [1.807, 2.05) is 12.3 Å². The number of piperazine rings is 1. The van der Waals surface area contributed by atoms with Gasteiger partial charge in [0.05, 0.1) is 31.7 Å². The molecule has 3 heterocycles. The zero-order valence-electron chi connectivity index (χ0n) is 15.6.